The average molecular weight is 1100 g/mol. The summed E-state index contributed by atoms with van der Waals surface area (Å²) in [5.41, 5.74) is 17.2. The number of furan rings is 7. The Hall–Kier alpha value is -11.7. The number of anilines is 6. The number of fused-ring (bicyclic) bond motifs is 17. The van der Waals surface area contributed by atoms with Gasteiger partial charge in [0.25, 0.3) is 0 Å². The van der Waals surface area contributed by atoms with Crippen LogP contribution in [-0.2, 0) is 0 Å². The van der Waals surface area contributed by atoms with Crippen molar-refractivity contribution in [3.63, 3.8) is 0 Å². The molecule has 0 amide bonds. The number of rotatable bonds is 8. The van der Waals surface area contributed by atoms with Gasteiger partial charge in [0.15, 0.2) is 0 Å². The molecule has 0 saturated carbocycles. The van der Waals surface area contributed by atoms with E-state index in [4.69, 9.17) is 30.9 Å². The maximum absolute atomic E-state index is 6.84. The first-order valence-electron chi connectivity index (χ1n) is 28.3. The average Bonchev–Trinajstić information content (AvgIpc) is 2.19. The molecule has 9 nitrogen and oxygen atoms in total. The van der Waals surface area contributed by atoms with Crippen LogP contribution in [0.4, 0.5) is 34.1 Å². The second-order valence-electron chi connectivity index (χ2n) is 22.0. The summed E-state index contributed by atoms with van der Waals surface area (Å²) in [7, 11) is 0. The van der Waals surface area contributed by atoms with E-state index < -0.39 is 0 Å². The van der Waals surface area contributed by atoms with Crippen molar-refractivity contribution in [2.24, 2.45) is 0 Å². The molecular formula is C76H42N2O7. The van der Waals surface area contributed by atoms with Crippen LogP contribution in [0.3, 0.4) is 0 Å². The molecule has 12 aromatic carbocycles. The number of hydrogen-bond donors (Lipinski definition) is 0. The molecular weight excluding hydrogens is 1050 g/mol. The molecule has 0 aliphatic carbocycles. The van der Waals surface area contributed by atoms with E-state index in [1.165, 1.54) is 0 Å². The molecule has 0 N–H and O–H groups in total. The van der Waals surface area contributed by atoms with Gasteiger partial charge in [0, 0.05) is 134 Å². The van der Waals surface area contributed by atoms with Gasteiger partial charge in [0.05, 0.1) is 0 Å². The lowest BCUT2D eigenvalue weighted by molar-refractivity contribution is 0.631. The minimum absolute atomic E-state index is 0.752. The van der Waals surface area contributed by atoms with E-state index in [0.29, 0.717) is 0 Å². The standard InChI is InChI=1S/C76H42N2O7/c1-5-13-63-45(9-1)33-67(79-63)43-17-21-47(22-18-43)77(49-25-29-55-53-11-3-7-15-65(53)81-69(55)35-49)51-27-31-57-59-39-75-61(41-73(59)83-71(57)37-51)62-42-74-60(40-76(62)85-75)58-32-28-52(38-72(58)84-74)78(50-26-30-56-54-12-4-8-16-66(54)82-70(56)36-50)48-23-19-44(20-24-48)68-34-46-10-2-6-14-64(46)80-68/h1-42H. The molecule has 0 saturated heterocycles. The Balaban J connectivity index is 0.697. The van der Waals surface area contributed by atoms with Gasteiger partial charge < -0.3 is 40.7 Å². The van der Waals surface area contributed by atoms with Gasteiger partial charge in [-0.05, 0) is 158 Å². The fourth-order valence-corrected chi connectivity index (χ4v) is 13.0. The Morgan fingerprint density at radius 2 is 0.447 bits per heavy atom. The molecule has 398 valence electrons. The molecule has 9 heteroatoms. The monoisotopic (exact) mass is 1090 g/mol. The third-order valence-corrected chi connectivity index (χ3v) is 17.1. The summed E-state index contributed by atoms with van der Waals surface area (Å²) in [6.45, 7) is 0. The molecule has 7 heterocycles. The normalized spacial score (nSPS) is 12.2. The van der Waals surface area contributed by atoms with E-state index in [2.05, 4.69) is 192 Å². The van der Waals surface area contributed by atoms with Crippen LogP contribution < -0.4 is 9.80 Å². The maximum atomic E-state index is 6.84. The van der Waals surface area contributed by atoms with Crippen molar-refractivity contribution in [3.05, 3.63) is 255 Å². The fourth-order valence-electron chi connectivity index (χ4n) is 13.0. The third-order valence-electron chi connectivity index (χ3n) is 17.1. The van der Waals surface area contributed by atoms with Crippen LogP contribution in [0.5, 0.6) is 0 Å². The third kappa shape index (κ3) is 7.11. The molecule has 0 bridgehead atoms. The molecule has 0 atom stereocenters. The van der Waals surface area contributed by atoms with Crippen LogP contribution in [0, 0.1) is 0 Å². The summed E-state index contributed by atoms with van der Waals surface area (Å²) < 4.78 is 45.9. The number of para-hydroxylation sites is 4. The zero-order chi connectivity index (χ0) is 55.4. The Morgan fingerprint density at radius 1 is 0.176 bits per heavy atom. The van der Waals surface area contributed by atoms with Crippen LogP contribution >= 0.6 is 0 Å². The SMILES string of the molecule is c1ccc2oc(-c3ccc(N(c4ccc5c(c4)oc4ccccc45)c4ccc5c(c4)oc4cc6c(cc45)oc4cc5c(cc46)oc4cc(N(c6ccc(-c7cc8ccccc8o7)cc6)c6ccc7c(c6)oc6ccccc67)ccc45)cc3)cc2c1. The predicted octanol–water partition coefficient (Wildman–Crippen LogP) is 22.9. The highest BCUT2D eigenvalue weighted by Crippen LogP contribution is 2.46. The largest absolute Gasteiger partial charge is 0.456 e. The molecule has 0 aliphatic rings. The highest BCUT2D eigenvalue weighted by molar-refractivity contribution is 6.19. The summed E-state index contributed by atoms with van der Waals surface area (Å²) in [6, 6.07) is 87.7. The summed E-state index contributed by atoms with van der Waals surface area (Å²) in [5, 5.41) is 12.2. The first kappa shape index (κ1) is 46.0. The van der Waals surface area contributed by atoms with Crippen molar-refractivity contribution < 1.29 is 30.9 Å². The lowest BCUT2D eigenvalue weighted by Crippen LogP contribution is -2.09. The number of hydrogen-bond acceptors (Lipinski definition) is 9. The van der Waals surface area contributed by atoms with Gasteiger partial charge in [-0.15, -0.1) is 0 Å². The van der Waals surface area contributed by atoms with Gasteiger partial charge in [-0.1, -0.05) is 72.8 Å². The maximum Gasteiger partial charge on any atom is 0.137 e. The molecule has 0 aliphatic heterocycles. The van der Waals surface area contributed by atoms with Crippen molar-refractivity contribution in [2.45, 2.75) is 0 Å². The second kappa shape index (κ2) is 17.4. The van der Waals surface area contributed by atoms with Crippen molar-refractivity contribution in [2.75, 3.05) is 9.80 Å². The lowest BCUT2D eigenvalue weighted by Gasteiger charge is -2.25. The van der Waals surface area contributed by atoms with Gasteiger partial charge in [-0.25, -0.2) is 0 Å². The van der Waals surface area contributed by atoms with E-state index in [0.717, 1.165) is 188 Å². The van der Waals surface area contributed by atoms with Gasteiger partial charge in [-0.3, -0.25) is 0 Å². The molecule has 0 spiro atoms. The van der Waals surface area contributed by atoms with Gasteiger partial charge in [0.2, 0.25) is 0 Å². The molecule has 7 aromatic heterocycles. The molecule has 0 fully saturated rings. The smallest absolute Gasteiger partial charge is 0.137 e. The first-order chi connectivity index (χ1) is 42.0. The fraction of sp³-hybridized carbons (Fsp3) is 0. The van der Waals surface area contributed by atoms with Gasteiger partial charge in [0.1, 0.15) is 78.5 Å². The molecule has 19 aromatic rings. The first-order valence-corrected chi connectivity index (χ1v) is 28.3. The van der Waals surface area contributed by atoms with E-state index in [9.17, 15) is 0 Å². The van der Waals surface area contributed by atoms with Crippen LogP contribution in [-0.4, -0.2) is 0 Å². The minimum atomic E-state index is 0.752. The summed E-state index contributed by atoms with van der Waals surface area (Å²) in [5.74, 6) is 1.63. The highest BCUT2D eigenvalue weighted by Gasteiger charge is 2.23. The second-order valence-corrected chi connectivity index (χ2v) is 22.0. The predicted molar refractivity (Wildman–Crippen MR) is 343 cm³/mol. The van der Waals surface area contributed by atoms with Crippen LogP contribution in [0.25, 0.3) is 154 Å². The topological polar surface area (TPSA) is 98.5 Å². The zero-order valence-electron chi connectivity index (χ0n) is 45.0. The number of nitrogens with zero attached hydrogens (tertiary/aromatic N) is 2. The highest BCUT2D eigenvalue weighted by atomic mass is 16.4. The molecule has 19 rings (SSSR count). The van der Waals surface area contributed by atoms with E-state index in [1.54, 1.807) is 0 Å². The lowest BCUT2D eigenvalue weighted by atomic mass is 10.1. The van der Waals surface area contributed by atoms with Gasteiger partial charge >= 0.3 is 0 Å². The summed E-state index contributed by atoms with van der Waals surface area (Å²) in [6.07, 6.45) is 0. The Bertz CT molecular complexity index is 5510. The molecule has 0 radical (unpaired) electrons. The minimum Gasteiger partial charge on any atom is -0.456 e. The zero-order valence-corrected chi connectivity index (χ0v) is 45.0. The number of benzene rings is 12. The van der Waals surface area contributed by atoms with Gasteiger partial charge in [-0.2, -0.15) is 0 Å². The van der Waals surface area contributed by atoms with Crippen molar-refractivity contribution in [3.8, 4) is 22.6 Å². The molecule has 0 unspecified atom stereocenters. The van der Waals surface area contributed by atoms with Crippen LogP contribution in [0.1, 0.15) is 0 Å². The van der Waals surface area contributed by atoms with Crippen molar-refractivity contribution in [1.29, 1.82) is 0 Å². The summed E-state index contributed by atoms with van der Waals surface area (Å²) in [4.78, 5) is 4.48. The van der Waals surface area contributed by atoms with E-state index in [1.807, 2.05) is 72.8 Å². The van der Waals surface area contributed by atoms with Crippen molar-refractivity contribution in [1.82, 2.24) is 0 Å². The van der Waals surface area contributed by atoms with Crippen molar-refractivity contribution >= 4 is 166 Å². The van der Waals surface area contributed by atoms with Crippen LogP contribution in [0.2, 0.25) is 0 Å². The Kier molecular flexibility index (Phi) is 9.42. The van der Waals surface area contributed by atoms with E-state index in [-0.39, 0.29) is 0 Å². The Labute approximate surface area is 481 Å². The summed E-state index contributed by atoms with van der Waals surface area (Å²) >= 11 is 0. The Morgan fingerprint density at radius 3 is 0.812 bits per heavy atom. The van der Waals surface area contributed by atoms with Crippen LogP contribution in [0.15, 0.2) is 286 Å². The van der Waals surface area contributed by atoms with E-state index >= 15 is 0 Å². The molecule has 85 heavy (non-hydrogen) atoms. The quantitative estimate of drug-likeness (QED) is 0.147.